The number of ketones is 1. The van der Waals surface area contributed by atoms with Gasteiger partial charge in [-0.1, -0.05) is 12.2 Å². The lowest BCUT2D eigenvalue weighted by Crippen LogP contribution is -2.24. The molecule has 2 N–H and O–H groups in total. The maximum absolute atomic E-state index is 11.8. The van der Waals surface area contributed by atoms with Gasteiger partial charge in [0.25, 0.3) is 0 Å². The molecule has 3 nitrogen and oxygen atoms in total. The molecule has 3 unspecified atom stereocenters. The first-order valence-electron chi connectivity index (χ1n) is 4.83. The van der Waals surface area contributed by atoms with E-state index in [9.17, 15) is 4.79 Å². The van der Waals surface area contributed by atoms with Crippen molar-refractivity contribution >= 4 is 5.78 Å². The second-order valence-corrected chi connectivity index (χ2v) is 3.85. The fraction of sp³-hybridized carbons (Fsp3) is 0.700. The molecule has 0 radical (unpaired) electrons. The summed E-state index contributed by atoms with van der Waals surface area (Å²) in [6, 6.07) is 0.0799. The van der Waals surface area contributed by atoms with Crippen LogP contribution in [0.15, 0.2) is 12.2 Å². The molecule has 0 aromatic carbocycles. The molecule has 2 aliphatic rings. The van der Waals surface area contributed by atoms with Gasteiger partial charge in [-0.05, 0) is 12.8 Å². The lowest BCUT2D eigenvalue weighted by molar-refractivity contribution is -0.125. The molecule has 0 amide bonds. The number of nitrogens with two attached hydrogens (primary N) is 1. The molecular weight excluding hydrogens is 166 g/mol. The molecular formula is C10H15NO2. The second-order valence-electron chi connectivity index (χ2n) is 3.85. The van der Waals surface area contributed by atoms with Gasteiger partial charge in [0.2, 0.25) is 0 Å². The Kier molecular flexibility index (Phi) is 2.47. The fourth-order valence-corrected chi connectivity index (χ4v) is 2.00. The molecule has 13 heavy (non-hydrogen) atoms. The van der Waals surface area contributed by atoms with Crippen LogP contribution in [0.4, 0.5) is 0 Å². The molecule has 2 rings (SSSR count). The summed E-state index contributed by atoms with van der Waals surface area (Å²) in [6.45, 7) is 1.34. The zero-order valence-corrected chi connectivity index (χ0v) is 7.61. The highest BCUT2D eigenvalue weighted by atomic mass is 16.5. The van der Waals surface area contributed by atoms with E-state index in [1.54, 1.807) is 0 Å². The summed E-state index contributed by atoms with van der Waals surface area (Å²) in [5, 5.41) is 0. The Morgan fingerprint density at radius 2 is 2.31 bits per heavy atom. The van der Waals surface area contributed by atoms with Crippen molar-refractivity contribution in [3.63, 3.8) is 0 Å². The van der Waals surface area contributed by atoms with Crippen molar-refractivity contribution in [3.05, 3.63) is 12.2 Å². The smallest absolute Gasteiger partial charge is 0.145 e. The van der Waals surface area contributed by atoms with Crippen LogP contribution in [0.1, 0.15) is 12.8 Å². The maximum Gasteiger partial charge on any atom is 0.145 e. The minimum atomic E-state index is 0.0571. The Labute approximate surface area is 77.9 Å². The van der Waals surface area contributed by atoms with E-state index >= 15 is 0 Å². The number of carbonyl (C=O) groups is 1. The van der Waals surface area contributed by atoms with E-state index in [4.69, 9.17) is 10.5 Å². The number of Topliss-reactive ketones (excluding diaryl/α,β-unsaturated/α-hetero) is 1. The van der Waals surface area contributed by atoms with E-state index in [2.05, 4.69) is 0 Å². The second kappa shape index (κ2) is 3.60. The zero-order chi connectivity index (χ0) is 9.26. The van der Waals surface area contributed by atoms with Crippen LogP contribution in [0.5, 0.6) is 0 Å². The molecule has 0 spiro atoms. The van der Waals surface area contributed by atoms with Gasteiger partial charge in [-0.25, -0.2) is 0 Å². The van der Waals surface area contributed by atoms with Gasteiger partial charge in [0.05, 0.1) is 6.61 Å². The third kappa shape index (κ3) is 1.81. The van der Waals surface area contributed by atoms with Crippen molar-refractivity contribution in [1.82, 2.24) is 0 Å². The quantitative estimate of drug-likeness (QED) is 0.631. The predicted octanol–water partition coefficient (Wildman–Crippen LogP) is 0.495. The number of carbonyl (C=O) groups excluding carboxylic acids is 1. The minimum Gasteiger partial charge on any atom is -0.381 e. The van der Waals surface area contributed by atoms with Crippen molar-refractivity contribution in [2.75, 3.05) is 13.2 Å². The molecule has 72 valence electrons. The van der Waals surface area contributed by atoms with E-state index < -0.39 is 0 Å². The summed E-state index contributed by atoms with van der Waals surface area (Å²) in [7, 11) is 0. The molecule has 3 atom stereocenters. The van der Waals surface area contributed by atoms with Crippen LogP contribution in [0, 0.1) is 11.8 Å². The third-order valence-electron chi connectivity index (χ3n) is 2.81. The molecule has 0 saturated carbocycles. The van der Waals surface area contributed by atoms with Gasteiger partial charge in [0.15, 0.2) is 0 Å². The molecule has 1 aliphatic carbocycles. The summed E-state index contributed by atoms with van der Waals surface area (Å²) in [5.74, 6) is 0.503. The van der Waals surface area contributed by atoms with Gasteiger partial charge in [-0.2, -0.15) is 0 Å². The van der Waals surface area contributed by atoms with Crippen LogP contribution >= 0.6 is 0 Å². The molecule has 0 bridgehead atoms. The van der Waals surface area contributed by atoms with Crippen molar-refractivity contribution < 1.29 is 9.53 Å². The van der Waals surface area contributed by atoms with Gasteiger partial charge in [-0.3, -0.25) is 4.79 Å². The van der Waals surface area contributed by atoms with Crippen molar-refractivity contribution in [1.29, 1.82) is 0 Å². The lowest BCUT2D eigenvalue weighted by Gasteiger charge is -2.12. The first-order valence-corrected chi connectivity index (χ1v) is 4.83. The molecule has 0 aromatic heterocycles. The molecule has 1 saturated heterocycles. The summed E-state index contributed by atoms with van der Waals surface area (Å²) in [6.07, 6.45) is 5.55. The monoisotopic (exact) mass is 181 g/mol. The minimum absolute atomic E-state index is 0.0571. The highest BCUT2D eigenvalue weighted by Crippen LogP contribution is 2.24. The fourth-order valence-electron chi connectivity index (χ4n) is 2.00. The van der Waals surface area contributed by atoms with Crippen LogP contribution in [0.3, 0.4) is 0 Å². The predicted molar refractivity (Wildman–Crippen MR) is 49.2 cm³/mol. The van der Waals surface area contributed by atoms with Gasteiger partial charge in [-0.15, -0.1) is 0 Å². The SMILES string of the molecule is NC1C=CC(C(=O)C2CCOC2)C1. The number of hydrogen-bond acceptors (Lipinski definition) is 3. The van der Waals surface area contributed by atoms with E-state index in [0.717, 1.165) is 19.4 Å². The molecule has 0 aromatic rings. The van der Waals surface area contributed by atoms with E-state index in [-0.39, 0.29) is 17.9 Å². The Balaban J connectivity index is 1.93. The lowest BCUT2D eigenvalue weighted by atomic mass is 9.91. The average Bonchev–Trinajstić information content (AvgIpc) is 2.72. The Bertz CT molecular complexity index is 231. The molecule has 3 heteroatoms. The first kappa shape index (κ1) is 8.91. The highest BCUT2D eigenvalue weighted by Gasteiger charge is 2.31. The maximum atomic E-state index is 11.8. The van der Waals surface area contributed by atoms with E-state index in [1.165, 1.54) is 0 Å². The van der Waals surface area contributed by atoms with Crippen LogP contribution in [-0.2, 0) is 9.53 Å². The van der Waals surface area contributed by atoms with Crippen molar-refractivity contribution in [3.8, 4) is 0 Å². The Hall–Kier alpha value is -0.670. The van der Waals surface area contributed by atoms with Crippen molar-refractivity contribution in [2.45, 2.75) is 18.9 Å². The number of allylic oxidation sites excluding steroid dienone is 1. The van der Waals surface area contributed by atoms with Crippen LogP contribution in [0.25, 0.3) is 0 Å². The number of rotatable bonds is 2. The van der Waals surface area contributed by atoms with Crippen LogP contribution in [-0.4, -0.2) is 25.0 Å². The van der Waals surface area contributed by atoms with Gasteiger partial charge < -0.3 is 10.5 Å². The van der Waals surface area contributed by atoms with Crippen LogP contribution < -0.4 is 5.73 Å². The van der Waals surface area contributed by atoms with Crippen LogP contribution in [0.2, 0.25) is 0 Å². The van der Waals surface area contributed by atoms with Crippen molar-refractivity contribution in [2.24, 2.45) is 17.6 Å². The summed E-state index contributed by atoms with van der Waals surface area (Å²) < 4.78 is 5.19. The molecule has 1 fully saturated rings. The normalized spacial score (nSPS) is 38.4. The van der Waals surface area contributed by atoms with E-state index in [0.29, 0.717) is 12.4 Å². The largest absolute Gasteiger partial charge is 0.381 e. The van der Waals surface area contributed by atoms with Gasteiger partial charge >= 0.3 is 0 Å². The molecule has 1 aliphatic heterocycles. The Morgan fingerprint density at radius 1 is 1.46 bits per heavy atom. The zero-order valence-electron chi connectivity index (χ0n) is 7.61. The highest BCUT2D eigenvalue weighted by molar-refractivity contribution is 5.85. The first-order chi connectivity index (χ1) is 6.27. The molecule has 1 heterocycles. The number of hydrogen-bond donors (Lipinski definition) is 1. The standard InChI is InChI=1S/C10H15NO2/c11-9-2-1-7(5-9)10(12)8-3-4-13-6-8/h1-2,7-9H,3-6,11H2. The summed E-state index contributed by atoms with van der Waals surface area (Å²) in [5.41, 5.74) is 5.69. The third-order valence-corrected chi connectivity index (χ3v) is 2.81. The van der Waals surface area contributed by atoms with Gasteiger partial charge in [0, 0.05) is 24.5 Å². The average molecular weight is 181 g/mol. The van der Waals surface area contributed by atoms with E-state index in [1.807, 2.05) is 12.2 Å². The van der Waals surface area contributed by atoms with Gasteiger partial charge in [0.1, 0.15) is 5.78 Å². The summed E-state index contributed by atoms with van der Waals surface area (Å²) >= 11 is 0. The number of ether oxygens (including phenoxy) is 1. The summed E-state index contributed by atoms with van der Waals surface area (Å²) in [4.78, 5) is 11.8. The Morgan fingerprint density at radius 3 is 2.85 bits per heavy atom. The topological polar surface area (TPSA) is 52.3 Å².